The minimum Gasteiger partial charge on any atom is -0.396 e. The molecule has 1 atom stereocenters. The third-order valence-corrected chi connectivity index (χ3v) is 6.28. The van der Waals surface area contributed by atoms with E-state index < -0.39 is 0 Å². The molecule has 0 aliphatic carbocycles. The predicted octanol–water partition coefficient (Wildman–Crippen LogP) is -0.154. The number of likely N-dealkylation sites (tertiary alicyclic amines) is 2. The van der Waals surface area contributed by atoms with Crippen LogP contribution in [0.4, 0.5) is 0 Å². The molecule has 0 bridgehead atoms. The Kier molecular flexibility index (Phi) is 6.89. The van der Waals surface area contributed by atoms with E-state index in [-0.39, 0.29) is 24.9 Å². The van der Waals surface area contributed by atoms with Crippen LogP contribution in [-0.4, -0.2) is 109 Å². The van der Waals surface area contributed by atoms with Gasteiger partial charge in [-0.1, -0.05) is 0 Å². The molecule has 26 heavy (non-hydrogen) atoms. The molecule has 3 rings (SSSR count). The second-order valence-electron chi connectivity index (χ2n) is 8.05. The van der Waals surface area contributed by atoms with Crippen LogP contribution in [0.15, 0.2) is 0 Å². The largest absolute Gasteiger partial charge is 0.396 e. The highest BCUT2D eigenvalue weighted by Crippen LogP contribution is 2.25. The van der Waals surface area contributed by atoms with Gasteiger partial charge in [-0.15, -0.1) is 0 Å². The highest BCUT2D eigenvalue weighted by molar-refractivity contribution is 5.79. The molecule has 148 valence electrons. The molecule has 7 heteroatoms. The first-order valence-corrected chi connectivity index (χ1v) is 10.2. The maximum atomic E-state index is 12.9. The Balaban J connectivity index is 1.48. The normalized spacial score (nSPS) is 26.9. The van der Waals surface area contributed by atoms with Crippen molar-refractivity contribution in [3.05, 3.63) is 0 Å². The molecule has 0 aromatic rings. The highest BCUT2D eigenvalue weighted by atomic mass is 16.3. The van der Waals surface area contributed by atoms with E-state index in [1.807, 2.05) is 4.90 Å². The first-order chi connectivity index (χ1) is 12.6. The van der Waals surface area contributed by atoms with E-state index in [0.29, 0.717) is 11.9 Å². The summed E-state index contributed by atoms with van der Waals surface area (Å²) in [6.07, 6.45) is 4.29. The average molecular weight is 367 g/mol. The van der Waals surface area contributed by atoms with Gasteiger partial charge in [-0.3, -0.25) is 14.5 Å². The van der Waals surface area contributed by atoms with Crippen molar-refractivity contribution >= 4 is 11.8 Å². The number of carbonyl (C=O) groups is 2. The number of likely N-dealkylation sites (N-methyl/N-ethyl adjacent to an activating group) is 1. The number of rotatable bonds is 4. The summed E-state index contributed by atoms with van der Waals surface area (Å²) in [6.45, 7) is 7.09. The molecule has 3 saturated heterocycles. The molecule has 3 fully saturated rings. The van der Waals surface area contributed by atoms with Crippen molar-refractivity contribution in [3.63, 3.8) is 0 Å². The second-order valence-corrected chi connectivity index (χ2v) is 8.05. The maximum absolute atomic E-state index is 12.9. The summed E-state index contributed by atoms with van der Waals surface area (Å²) in [5.41, 5.74) is 0. The molecule has 0 saturated carbocycles. The molecule has 3 aliphatic heterocycles. The first-order valence-electron chi connectivity index (χ1n) is 10.2. The minimum atomic E-state index is -0.0685. The molecular formula is C19H34N4O3. The Labute approximate surface area is 156 Å². The fraction of sp³-hybridized carbons (Fsp3) is 0.895. The first kappa shape index (κ1) is 19.6. The fourth-order valence-corrected chi connectivity index (χ4v) is 4.56. The van der Waals surface area contributed by atoms with E-state index in [4.69, 9.17) is 5.11 Å². The van der Waals surface area contributed by atoms with Crippen LogP contribution in [0, 0.1) is 5.92 Å². The van der Waals surface area contributed by atoms with E-state index in [9.17, 15) is 9.59 Å². The van der Waals surface area contributed by atoms with Gasteiger partial charge in [0.2, 0.25) is 11.8 Å². The van der Waals surface area contributed by atoms with Crippen molar-refractivity contribution in [1.29, 1.82) is 0 Å². The Morgan fingerprint density at radius 2 is 1.62 bits per heavy atom. The Bertz CT molecular complexity index is 485. The number of piperidine rings is 2. The molecule has 0 spiro atoms. The lowest BCUT2D eigenvalue weighted by molar-refractivity contribution is -0.139. The van der Waals surface area contributed by atoms with Gasteiger partial charge in [0.05, 0.1) is 12.5 Å². The van der Waals surface area contributed by atoms with Crippen LogP contribution in [0.2, 0.25) is 0 Å². The number of amides is 2. The SMILES string of the molecule is CN1CCN(C(=O)[C@H]2CCCN(C3CCN(C(=O)CCO)CC3)C2)CC1. The smallest absolute Gasteiger partial charge is 0.227 e. The number of aliphatic hydroxyl groups excluding tert-OH is 1. The van der Waals surface area contributed by atoms with Gasteiger partial charge in [-0.25, -0.2) is 0 Å². The monoisotopic (exact) mass is 366 g/mol. The van der Waals surface area contributed by atoms with E-state index in [1.165, 1.54) is 0 Å². The van der Waals surface area contributed by atoms with Crippen molar-refractivity contribution in [2.24, 2.45) is 5.92 Å². The summed E-state index contributed by atoms with van der Waals surface area (Å²) < 4.78 is 0. The van der Waals surface area contributed by atoms with Crippen LogP contribution < -0.4 is 0 Å². The molecule has 0 aromatic heterocycles. The second kappa shape index (κ2) is 9.15. The Morgan fingerprint density at radius 3 is 2.27 bits per heavy atom. The number of carbonyl (C=O) groups excluding carboxylic acids is 2. The van der Waals surface area contributed by atoms with Crippen LogP contribution in [0.3, 0.4) is 0 Å². The predicted molar refractivity (Wildman–Crippen MR) is 99.7 cm³/mol. The zero-order valence-corrected chi connectivity index (χ0v) is 16.1. The van der Waals surface area contributed by atoms with Gasteiger partial charge in [-0.05, 0) is 39.3 Å². The number of nitrogens with zero attached hydrogens (tertiary/aromatic N) is 4. The third kappa shape index (κ3) is 4.75. The summed E-state index contributed by atoms with van der Waals surface area (Å²) in [4.78, 5) is 33.5. The molecular weight excluding hydrogens is 332 g/mol. The van der Waals surface area contributed by atoms with Crippen molar-refractivity contribution < 1.29 is 14.7 Å². The van der Waals surface area contributed by atoms with Crippen molar-refractivity contribution in [2.45, 2.75) is 38.1 Å². The molecule has 1 N–H and O–H groups in total. The maximum Gasteiger partial charge on any atom is 0.227 e. The van der Waals surface area contributed by atoms with Crippen molar-refractivity contribution in [3.8, 4) is 0 Å². The highest BCUT2D eigenvalue weighted by Gasteiger charge is 2.34. The van der Waals surface area contributed by atoms with Crippen LogP contribution in [0.25, 0.3) is 0 Å². The molecule has 3 heterocycles. The van der Waals surface area contributed by atoms with Crippen LogP contribution in [0.5, 0.6) is 0 Å². The van der Waals surface area contributed by atoms with Crippen molar-refractivity contribution in [1.82, 2.24) is 19.6 Å². The summed E-state index contributed by atoms with van der Waals surface area (Å²) in [6, 6.07) is 0.483. The number of piperazine rings is 1. The van der Waals surface area contributed by atoms with E-state index in [2.05, 4.69) is 21.7 Å². The Hall–Kier alpha value is -1.18. The van der Waals surface area contributed by atoms with Crippen LogP contribution >= 0.6 is 0 Å². The lowest BCUT2D eigenvalue weighted by Crippen LogP contribution is -2.54. The molecule has 3 aliphatic rings. The summed E-state index contributed by atoms with van der Waals surface area (Å²) >= 11 is 0. The number of aliphatic hydroxyl groups is 1. The molecule has 0 unspecified atom stereocenters. The standard InChI is InChI=1S/C19H34N4O3/c1-20-10-12-22(13-11-20)19(26)16-3-2-7-23(15-16)17-4-8-21(9-5-17)18(25)6-14-24/h16-17,24H,2-15H2,1H3/t16-/m0/s1. The van der Waals surface area contributed by atoms with Gasteiger partial charge >= 0.3 is 0 Å². The van der Waals surface area contributed by atoms with Gasteiger partial charge in [0, 0.05) is 58.3 Å². The van der Waals surface area contributed by atoms with Gasteiger partial charge in [0.25, 0.3) is 0 Å². The quantitative estimate of drug-likeness (QED) is 0.749. The summed E-state index contributed by atoms with van der Waals surface area (Å²) in [7, 11) is 2.11. The molecule has 0 radical (unpaired) electrons. The minimum absolute atomic E-state index is 0.0627. The lowest BCUT2D eigenvalue weighted by atomic mass is 9.92. The van der Waals surface area contributed by atoms with Gasteiger partial charge in [0.15, 0.2) is 0 Å². The summed E-state index contributed by atoms with van der Waals surface area (Å²) in [5, 5.41) is 8.93. The van der Waals surface area contributed by atoms with Crippen molar-refractivity contribution in [2.75, 3.05) is 66.0 Å². The van der Waals surface area contributed by atoms with E-state index >= 15 is 0 Å². The number of hydrogen-bond donors (Lipinski definition) is 1. The molecule has 2 amide bonds. The Morgan fingerprint density at radius 1 is 0.923 bits per heavy atom. The van der Waals surface area contributed by atoms with Gasteiger partial charge < -0.3 is 19.8 Å². The zero-order valence-electron chi connectivity index (χ0n) is 16.1. The van der Waals surface area contributed by atoms with Crippen LogP contribution in [-0.2, 0) is 9.59 Å². The van der Waals surface area contributed by atoms with E-state index in [1.54, 1.807) is 0 Å². The lowest BCUT2D eigenvalue weighted by Gasteiger charge is -2.43. The number of hydrogen-bond acceptors (Lipinski definition) is 5. The van der Waals surface area contributed by atoms with Gasteiger partial charge in [-0.2, -0.15) is 0 Å². The summed E-state index contributed by atoms with van der Waals surface area (Å²) in [5.74, 6) is 0.548. The zero-order chi connectivity index (χ0) is 18.5. The van der Waals surface area contributed by atoms with Crippen LogP contribution in [0.1, 0.15) is 32.1 Å². The molecule has 0 aromatic carbocycles. The average Bonchev–Trinajstić information content (AvgIpc) is 2.68. The third-order valence-electron chi connectivity index (χ3n) is 6.28. The topological polar surface area (TPSA) is 67.3 Å². The fourth-order valence-electron chi connectivity index (χ4n) is 4.56. The van der Waals surface area contributed by atoms with E-state index in [0.717, 1.165) is 78.0 Å². The molecule has 7 nitrogen and oxygen atoms in total. The van der Waals surface area contributed by atoms with Gasteiger partial charge in [0.1, 0.15) is 0 Å².